The fourth-order valence-corrected chi connectivity index (χ4v) is 2.08. The van der Waals surface area contributed by atoms with E-state index in [0.717, 1.165) is 38.5 Å². The number of amides is 1. The first kappa shape index (κ1) is 26.9. The van der Waals surface area contributed by atoms with Crippen molar-refractivity contribution in [2.75, 3.05) is 39.6 Å². The highest BCUT2D eigenvalue weighted by Gasteiger charge is 2.11. The summed E-state index contributed by atoms with van der Waals surface area (Å²) in [7, 11) is 0. The molecule has 0 aromatic heterocycles. The molecule has 0 heterocycles. The average Bonchev–Trinajstić information content (AvgIpc) is 2.70. The van der Waals surface area contributed by atoms with Crippen molar-refractivity contribution in [3.05, 3.63) is 12.2 Å². The van der Waals surface area contributed by atoms with Crippen LogP contribution in [-0.4, -0.2) is 57.6 Å². The summed E-state index contributed by atoms with van der Waals surface area (Å²) in [5, 5.41) is 2.59. The summed E-state index contributed by atoms with van der Waals surface area (Å²) >= 11 is 0. The number of alkyl carbamates (subject to hydrolysis) is 1. The second-order valence-electron chi connectivity index (χ2n) is 6.84. The van der Waals surface area contributed by atoms with Crippen molar-refractivity contribution >= 4 is 18.0 Å². The van der Waals surface area contributed by atoms with Gasteiger partial charge in [-0.1, -0.05) is 39.7 Å². The van der Waals surface area contributed by atoms with Crippen LogP contribution in [0, 0.1) is 5.92 Å². The van der Waals surface area contributed by atoms with Crippen LogP contribution in [0.25, 0.3) is 0 Å². The topological polar surface area (TPSA) is 100 Å². The van der Waals surface area contributed by atoms with Crippen molar-refractivity contribution in [3.8, 4) is 0 Å². The fraction of sp³-hybridized carbons (Fsp3) is 0.762. The Morgan fingerprint density at radius 1 is 0.862 bits per heavy atom. The molecule has 8 heteroatoms. The van der Waals surface area contributed by atoms with Gasteiger partial charge in [0.15, 0.2) is 0 Å². The molecule has 0 aromatic carbocycles. The summed E-state index contributed by atoms with van der Waals surface area (Å²) in [6.07, 6.45) is 4.93. The van der Waals surface area contributed by atoms with Crippen LogP contribution >= 0.6 is 0 Å². The Balaban J connectivity index is 3.35. The van der Waals surface area contributed by atoms with E-state index in [1.54, 1.807) is 6.92 Å². The number of carbonyl (C=O) groups excluding carboxylic acids is 3. The van der Waals surface area contributed by atoms with E-state index in [1.807, 2.05) is 13.8 Å². The quantitative estimate of drug-likeness (QED) is 0.168. The number of rotatable bonds is 17. The third-order valence-corrected chi connectivity index (χ3v) is 4.11. The summed E-state index contributed by atoms with van der Waals surface area (Å²) in [6, 6.07) is 0. The maximum absolute atomic E-state index is 11.5. The fourth-order valence-electron chi connectivity index (χ4n) is 2.08. The zero-order valence-corrected chi connectivity index (χ0v) is 18.1. The Morgan fingerprint density at radius 3 is 2.10 bits per heavy atom. The molecule has 0 rings (SSSR count). The second-order valence-corrected chi connectivity index (χ2v) is 6.84. The minimum atomic E-state index is -0.473. The number of hydrogen-bond acceptors (Lipinski definition) is 7. The number of carbonyl (C=O) groups is 3. The smallest absolute Gasteiger partial charge is 0.407 e. The van der Waals surface area contributed by atoms with Crippen molar-refractivity contribution in [2.45, 2.75) is 59.3 Å². The first-order valence-electron chi connectivity index (χ1n) is 10.4. The van der Waals surface area contributed by atoms with Crippen LogP contribution in [0.1, 0.15) is 59.3 Å². The van der Waals surface area contributed by atoms with E-state index in [4.69, 9.17) is 18.9 Å². The maximum atomic E-state index is 11.5. The lowest BCUT2D eigenvalue weighted by molar-refractivity contribution is -0.148. The Hall–Kier alpha value is -2.09. The third kappa shape index (κ3) is 16.6. The molecule has 0 fully saturated rings. The largest absolute Gasteiger partial charge is 0.465 e. The normalized spacial score (nSPS) is 11.4. The zero-order valence-electron chi connectivity index (χ0n) is 18.1. The molecule has 29 heavy (non-hydrogen) atoms. The first-order valence-corrected chi connectivity index (χ1v) is 10.4. The van der Waals surface area contributed by atoms with Gasteiger partial charge in [0.1, 0.15) is 6.61 Å². The van der Waals surface area contributed by atoms with Crippen LogP contribution in [0.3, 0.4) is 0 Å². The van der Waals surface area contributed by atoms with E-state index in [0.29, 0.717) is 31.9 Å². The van der Waals surface area contributed by atoms with Crippen molar-refractivity contribution in [2.24, 2.45) is 5.92 Å². The zero-order chi connectivity index (χ0) is 21.9. The maximum Gasteiger partial charge on any atom is 0.407 e. The minimum absolute atomic E-state index is 0.0313. The lowest BCUT2D eigenvalue weighted by Gasteiger charge is -2.09. The number of hydrogen-bond donors (Lipinski definition) is 1. The van der Waals surface area contributed by atoms with E-state index in [2.05, 4.69) is 11.9 Å². The Kier molecular flexibility index (Phi) is 16.7. The van der Waals surface area contributed by atoms with Gasteiger partial charge in [-0.2, -0.15) is 0 Å². The summed E-state index contributed by atoms with van der Waals surface area (Å²) in [4.78, 5) is 34.1. The van der Waals surface area contributed by atoms with E-state index < -0.39 is 12.1 Å². The molecule has 1 N–H and O–H groups in total. The van der Waals surface area contributed by atoms with E-state index in [9.17, 15) is 14.4 Å². The van der Waals surface area contributed by atoms with Gasteiger partial charge in [-0.25, -0.2) is 9.59 Å². The van der Waals surface area contributed by atoms with Gasteiger partial charge in [-0.15, -0.1) is 0 Å². The number of esters is 2. The third-order valence-electron chi connectivity index (χ3n) is 4.11. The number of unbranched alkanes of at least 4 members (excludes halogenated alkanes) is 4. The van der Waals surface area contributed by atoms with Crippen molar-refractivity contribution < 1.29 is 33.3 Å². The molecule has 0 saturated heterocycles. The van der Waals surface area contributed by atoms with Crippen molar-refractivity contribution in [1.29, 1.82) is 0 Å². The van der Waals surface area contributed by atoms with E-state index in [1.165, 1.54) is 0 Å². The highest BCUT2D eigenvalue weighted by atomic mass is 16.6. The lowest BCUT2D eigenvalue weighted by atomic mass is 10.1. The van der Waals surface area contributed by atoms with Gasteiger partial charge < -0.3 is 24.3 Å². The molecular weight excluding hydrogens is 378 g/mol. The molecule has 1 amide bonds. The standard InChI is InChI=1S/C21H37NO7/c1-5-18(4)20(24)27-12-9-7-6-8-10-13-29-21(25)22-11-14-26-15-16-28-19(23)17(2)3/h18H,2,5-16H2,1,3-4H3,(H,22,25). The molecular formula is C21H37NO7. The Morgan fingerprint density at radius 2 is 1.48 bits per heavy atom. The predicted molar refractivity (Wildman–Crippen MR) is 109 cm³/mol. The molecule has 8 nitrogen and oxygen atoms in total. The van der Waals surface area contributed by atoms with Gasteiger partial charge in [0, 0.05) is 12.1 Å². The van der Waals surface area contributed by atoms with Crippen molar-refractivity contribution in [3.63, 3.8) is 0 Å². The van der Waals surface area contributed by atoms with E-state index in [-0.39, 0.29) is 25.1 Å². The number of ether oxygens (including phenoxy) is 4. The minimum Gasteiger partial charge on any atom is -0.465 e. The SMILES string of the molecule is C=C(C)C(=O)OCCOCCNC(=O)OCCCCCCCOC(=O)C(C)CC. The molecule has 1 atom stereocenters. The second kappa shape index (κ2) is 18.0. The molecule has 0 aliphatic heterocycles. The van der Waals surface area contributed by atoms with Crippen LogP contribution in [0.5, 0.6) is 0 Å². The Labute approximate surface area is 174 Å². The number of nitrogens with one attached hydrogen (secondary N) is 1. The van der Waals surface area contributed by atoms with E-state index >= 15 is 0 Å². The van der Waals surface area contributed by atoms with Crippen LogP contribution in [0.15, 0.2) is 12.2 Å². The van der Waals surface area contributed by atoms with Gasteiger partial charge in [0.05, 0.1) is 32.3 Å². The summed E-state index contributed by atoms with van der Waals surface area (Å²) in [5.74, 6) is -0.597. The molecule has 1 unspecified atom stereocenters. The summed E-state index contributed by atoms with van der Waals surface area (Å²) in [6.45, 7) is 10.8. The van der Waals surface area contributed by atoms with Gasteiger partial charge in [-0.3, -0.25) is 4.79 Å². The summed E-state index contributed by atoms with van der Waals surface area (Å²) < 4.78 is 20.4. The average molecular weight is 416 g/mol. The molecule has 168 valence electrons. The predicted octanol–water partition coefficient (Wildman–Crippen LogP) is 3.39. The molecule has 0 saturated carbocycles. The molecule has 0 aliphatic rings. The van der Waals surface area contributed by atoms with Gasteiger partial charge in [0.25, 0.3) is 0 Å². The lowest BCUT2D eigenvalue weighted by Crippen LogP contribution is -2.28. The van der Waals surface area contributed by atoms with Crippen LogP contribution in [0.4, 0.5) is 4.79 Å². The molecule has 0 aliphatic carbocycles. The highest BCUT2D eigenvalue weighted by molar-refractivity contribution is 5.86. The molecule has 0 radical (unpaired) electrons. The molecule has 0 aromatic rings. The van der Waals surface area contributed by atoms with Crippen LogP contribution in [0.2, 0.25) is 0 Å². The van der Waals surface area contributed by atoms with Gasteiger partial charge in [-0.05, 0) is 26.2 Å². The van der Waals surface area contributed by atoms with Gasteiger partial charge in [0.2, 0.25) is 0 Å². The first-order chi connectivity index (χ1) is 13.9. The summed E-state index contributed by atoms with van der Waals surface area (Å²) in [5.41, 5.74) is 0.344. The van der Waals surface area contributed by atoms with Gasteiger partial charge >= 0.3 is 18.0 Å². The molecule has 0 spiro atoms. The van der Waals surface area contributed by atoms with Crippen LogP contribution in [-0.2, 0) is 28.5 Å². The van der Waals surface area contributed by atoms with Crippen molar-refractivity contribution in [1.82, 2.24) is 5.32 Å². The monoisotopic (exact) mass is 415 g/mol. The van der Waals surface area contributed by atoms with Crippen LogP contribution < -0.4 is 5.32 Å². The molecule has 0 bridgehead atoms. The highest BCUT2D eigenvalue weighted by Crippen LogP contribution is 2.06. The Bertz CT molecular complexity index is 493.